The van der Waals surface area contributed by atoms with E-state index >= 15 is 0 Å². The average molecular weight is 309 g/mol. The zero-order valence-corrected chi connectivity index (χ0v) is 10.9. The molecule has 0 bridgehead atoms. The Balaban J connectivity index is 2.25. The second-order valence-corrected chi connectivity index (χ2v) is 4.62. The summed E-state index contributed by atoms with van der Waals surface area (Å²) in [6.07, 6.45) is 0. The van der Waals surface area contributed by atoms with Crippen LogP contribution < -0.4 is 11.1 Å². The van der Waals surface area contributed by atoms with Crippen LogP contribution in [0.5, 0.6) is 0 Å². The molecule has 1 amide bonds. The maximum absolute atomic E-state index is 13.4. The summed E-state index contributed by atoms with van der Waals surface area (Å²) in [5.74, 6) is -0.887. The van der Waals surface area contributed by atoms with Crippen LogP contribution in [0.1, 0.15) is 10.4 Å². The summed E-state index contributed by atoms with van der Waals surface area (Å²) in [5.41, 5.74) is 6.60. The van der Waals surface area contributed by atoms with Gasteiger partial charge in [0.1, 0.15) is 5.82 Å². The number of halogens is 2. The highest BCUT2D eigenvalue weighted by Gasteiger charge is 2.10. The lowest BCUT2D eigenvalue weighted by Gasteiger charge is -2.07. The Morgan fingerprint density at radius 3 is 2.61 bits per heavy atom. The van der Waals surface area contributed by atoms with Crippen molar-refractivity contribution < 1.29 is 9.18 Å². The normalized spacial score (nSPS) is 10.1. The summed E-state index contributed by atoms with van der Waals surface area (Å²) in [6.45, 7) is 0. The van der Waals surface area contributed by atoms with Crippen LogP contribution in [0, 0.1) is 5.82 Å². The minimum absolute atomic E-state index is 0.140. The van der Waals surface area contributed by atoms with E-state index in [0.717, 1.165) is 0 Å². The summed E-state index contributed by atoms with van der Waals surface area (Å²) in [5, 5.41) is 2.49. The molecule has 2 aromatic carbocycles. The molecule has 92 valence electrons. The highest BCUT2D eigenvalue weighted by atomic mass is 79.9. The first-order valence-electron chi connectivity index (χ1n) is 5.18. The van der Waals surface area contributed by atoms with Gasteiger partial charge in [-0.25, -0.2) is 4.39 Å². The van der Waals surface area contributed by atoms with Gasteiger partial charge in [0, 0.05) is 15.7 Å². The fourth-order valence-electron chi connectivity index (χ4n) is 1.50. The van der Waals surface area contributed by atoms with E-state index in [1.165, 1.54) is 18.2 Å². The van der Waals surface area contributed by atoms with Crippen LogP contribution in [0.4, 0.5) is 15.8 Å². The Labute approximate surface area is 112 Å². The third kappa shape index (κ3) is 2.87. The lowest BCUT2D eigenvalue weighted by atomic mass is 10.2. The summed E-state index contributed by atoms with van der Waals surface area (Å²) in [4.78, 5) is 11.9. The maximum Gasteiger partial charge on any atom is 0.255 e. The zero-order chi connectivity index (χ0) is 13.1. The van der Waals surface area contributed by atoms with Crippen molar-refractivity contribution in [1.29, 1.82) is 0 Å². The molecule has 0 radical (unpaired) electrons. The first kappa shape index (κ1) is 12.6. The van der Waals surface area contributed by atoms with Crippen molar-refractivity contribution in [3.05, 3.63) is 58.3 Å². The smallest absolute Gasteiger partial charge is 0.255 e. The molecule has 3 nitrogen and oxygen atoms in total. The van der Waals surface area contributed by atoms with E-state index in [4.69, 9.17) is 5.73 Å². The lowest BCUT2D eigenvalue weighted by Crippen LogP contribution is -2.13. The van der Waals surface area contributed by atoms with Crippen LogP contribution >= 0.6 is 15.9 Å². The van der Waals surface area contributed by atoms with Gasteiger partial charge < -0.3 is 11.1 Å². The number of nitrogen functional groups attached to an aromatic ring is 1. The number of benzene rings is 2. The maximum atomic E-state index is 13.4. The van der Waals surface area contributed by atoms with Gasteiger partial charge in [-0.2, -0.15) is 0 Å². The molecule has 0 aliphatic rings. The standard InChI is InChI=1S/C13H10BrFN2O/c14-9-5-8(6-10(16)7-9)13(18)17-12-4-2-1-3-11(12)15/h1-7H,16H2,(H,17,18). The van der Waals surface area contributed by atoms with Gasteiger partial charge in [-0.3, -0.25) is 4.79 Å². The molecule has 0 aliphatic carbocycles. The number of carbonyl (C=O) groups is 1. The van der Waals surface area contributed by atoms with E-state index < -0.39 is 11.7 Å². The highest BCUT2D eigenvalue weighted by molar-refractivity contribution is 9.10. The van der Waals surface area contributed by atoms with Crippen LogP contribution in [0.2, 0.25) is 0 Å². The first-order valence-corrected chi connectivity index (χ1v) is 5.97. The lowest BCUT2D eigenvalue weighted by molar-refractivity contribution is 0.102. The van der Waals surface area contributed by atoms with Gasteiger partial charge in [0.15, 0.2) is 0 Å². The molecule has 2 rings (SSSR count). The molecular formula is C13H10BrFN2O. The van der Waals surface area contributed by atoms with E-state index in [-0.39, 0.29) is 5.69 Å². The van der Waals surface area contributed by atoms with Gasteiger partial charge in [0.05, 0.1) is 5.69 Å². The molecule has 0 heterocycles. The van der Waals surface area contributed by atoms with Crippen LogP contribution in [-0.2, 0) is 0 Å². The van der Waals surface area contributed by atoms with Crippen LogP contribution in [0.15, 0.2) is 46.9 Å². The Morgan fingerprint density at radius 1 is 1.22 bits per heavy atom. The molecule has 5 heteroatoms. The van der Waals surface area contributed by atoms with Gasteiger partial charge in [-0.15, -0.1) is 0 Å². The van der Waals surface area contributed by atoms with Crippen molar-refractivity contribution in [3.63, 3.8) is 0 Å². The zero-order valence-electron chi connectivity index (χ0n) is 9.28. The molecule has 0 unspecified atom stereocenters. The van der Waals surface area contributed by atoms with Crippen LogP contribution in [0.25, 0.3) is 0 Å². The summed E-state index contributed by atoms with van der Waals surface area (Å²) >= 11 is 3.25. The van der Waals surface area contributed by atoms with Crippen molar-refractivity contribution in [2.75, 3.05) is 11.1 Å². The molecule has 0 aliphatic heterocycles. The largest absolute Gasteiger partial charge is 0.399 e. The quantitative estimate of drug-likeness (QED) is 0.835. The second kappa shape index (κ2) is 5.18. The monoisotopic (exact) mass is 308 g/mol. The number of amides is 1. The molecule has 3 N–H and O–H groups in total. The van der Waals surface area contributed by atoms with E-state index in [1.54, 1.807) is 24.3 Å². The first-order chi connectivity index (χ1) is 8.56. The van der Waals surface area contributed by atoms with Crippen molar-refractivity contribution >= 4 is 33.2 Å². The molecule has 0 saturated carbocycles. The van der Waals surface area contributed by atoms with Crippen LogP contribution in [-0.4, -0.2) is 5.91 Å². The number of anilines is 2. The predicted octanol–water partition coefficient (Wildman–Crippen LogP) is 3.42. The molecule has 0 saturated heterocycles. The molecule has 0 atom stereocenters. The Kier molecular flexibility index (Phi) is 3.62. The van der Waals surface area contributed by atoms with E-state index in [9.17, 15) is 9.18 Å². The SMILES string of the molecule is Nc1cc(Br)cc(C(=O)Nc2ccccc2F)c1. The van der Waals surface area contributed by atoms with Gasteiger partial charge >= 0.3 is 0 Å². The number of hydrogen-bond donors (Lipinski definition) is 2. The number of para-hydroxylation sites is 1. The Bertz CT molecular complexity index is 581. The van der Waals surface area contributed by atoms with Crippen LogP contribution in [0.3, 0.4) is 0 Å². The van der Waals surface area contributed by atoms with Gasteiger partial charge in [0.25, 0.3) is 5.91 Å². The fraction of sp³-hybridized carbons (Fsp3) is 0. The molecule has 18 heavy (non-hydrogen) atoms. The fourth-order valence-corrected chi connectivity index (χ4v) is 2.01. The van der Waals surface area contributed by atoms with Crippen molar-refractivity contribution in [2.45, 2.75) is 0 Å². The molecular weight excluding hydrogens is 299 g/mol. The topological polar surface area (TPSA) is 55.1 Å². The molecule has 0 spiro atoms. The van der Waals surface area contributed by atoms with E-state index in [2.05, 4.69) is 21.2 Å². The minimum atomic E-state index is -0.478. The minimum Gasteiger partial charge on any atom is -0.399 e. The number of hydrogen-bond acceptors (Lipinski definition) is 2. The third-order valence-corrected chi connectivity index (χ3v) is 2.76. The molecule has 2 aromatic rings. The van der Waals surface area contributed by atoms with E-state index in [0.29, 0.717) is 15.7 Å². The molecule has 0 fully saturated rings. The molecule has 0 aromatic heterocycles. The summed E-state index contributed by atoms with van der Waals surface area (Å²) in [6, 6.07) is 10.8. The van der Waals surface area contributed by atoms with Crippen molar-refractivity contribution in [3.8, 4) is 0 Å². The van der Waals surface area contributed by atoms with Gasteiger partial charge in [-0.05, 0) is 30.3 Å². The van der Waals surface area contributed by atoms with Crippen molar-refractivity contribution in [2.24, 2.45) is 0 Å². The number of carbonyl (C=O) groups excluding carboxylic acids is 1. The number of nitrogens with one attached hydrogen (secondary N) is 1. The predicted molar refractivity (Wildman–Crippen MR) is 72.9 cm³/mol. The van der Waals surface area contributed by atoms with Crippen molar-refractivity contribution in [1.82, 2.24) is 0 Å². The van der Waals surface area contributed by atoms with Gasteiger partial charge in [0.2, 0.25) is 0 Å². The Morgan fingerprint density at radius 2 is 1.94 bits per heavy atom. The summed E-state index contributed by atoms with van der Waals surface area (Å²) in [7, 11) is 0. The number of rotatable bonds is 2. The Hall–Kier alpha value is -1.88. The summed E-state index contributed by atoms with van der Waals surface area (Å²) < 4.78 is 14.1. The van der Waals surface area contributed by atoms with E-state index in [1.807, 2.05) is 0 Å². The second-order valence-electron chi connectivity index (χ2n) is 3.71. The van der Waals surface area contributed by atoms with Gasteiger partial charge in [-0.1, -0.05) is 28.1 Å². The highest BCUT2D eigenvalue weighted by Crippen LogP contribution is 2.19. The third-order valence-electron chi connectivity index (χ3n) is 2.30. The average Bonchev–Trinajstić information content (AvgIpc) is 2.31. The number of nitrogens with two attached hydrogens (primary N) is 1.